The van der Waals surface area contributed by atoms with Gasteiger partial charge in [-0.1, -0.05) is 23.2 Å². The average Bonchev–Trinajstić information content (AvgIpc) is 2.61. The lowest BCUT2D eigenvalue weighted by Crippen LogP contribution is -2.34. The maximum atomic E-state index is 13.7. The number of carbonyl (C=O) groups excluding carboxylic acids is 1. The number of nitrogens with one attached hydrogen (secondary N) is 2. The number of benzene rings is 2. The Kier molecular flexibility index (Phi) is 5.58. The Morgan fingerprint density at radius 1 is 1.07 bits per heavy atom. The van der Waals surface area contributed by atoms with Gasteiger partial charge in [-0.3, -0.25) is 4.79 Å². The smallest absolute Gasteiger partial charge is 0.322 e. The molecule has 2 amide bonds. The van der Waals surface area contributed by atoms with Crippen LogP contribution < -0.4 is 10.9 Å². The Bertz CT molecular complexity index is 1110. The molecule has 0 spiro atoms. The highest BCUT2D eigenvalue weighted by Gasteiger charge is 2.21. The topological polar surface area (TPSA) is 65.2 Å². The van der Waals surface area contributed by atoms with Crippen LogP contribution in [0.15, 0.2) is 41.3 Å². The molecule has 0 aliphatic rings. The fourth-order valence-electron chi connectivity index (χ4n) is 2.84. The maximum Gasteiger partial charge on any atom is 0.322 e. The van der Waals surface area contributed by atoms with Gasteiger partial charge in [0.15, 0.2) is 11.6 Å². The lowest BCUT2D eigenvalue weighted by molar-refractivity contribution is 0.208. The summed E-state index contributed by atoms with van der Waals surface area (Å²) in [5, 5.41) is 3.61. The monoisotopic (exact) mass is 425 g/mol. The molecule has 0 aliphatic carbocycles. The number of halogens is 4. The number of hydrogen-bond donors (Lipinski definition) is 2. The fourth-order valence-corrected chi connectivity index (χ4v) is 3.37. The van der Waals surface area contributed by atoms with Crippen LogP contribution in [-0.2, 0) is 0 Å². The number of amides is 2. The number of fused-ring (bicyclic) bond motifs is 1. The van der Waals surface area contributed by atoms with Crippen LogP contribution in [0, 0.1) is 11.6 Å². The average molecular weight is 426 g/mol. The highest BCUT2D eigenvalue weighted by atomic mass is 35.5. The van der Waals surface area contributed by atoms with Crippen molar-refractivity contribution >= 4 is 45.7 Å². The number of aromatic nitrogens is 1. The van der Waals surface area contributed by atoms with E-state index in [0.717, 1.165) is 12.1 Å². The molecule has 0 saturated heterocycles. The number of pyridine rings is 1. The number of nitrogens with zero attached hydrogens (tertiary/aromatic N) is 1. The first-order valence-electron chi connectivity index (χ1n) is 8.17. The van der Waals surface area contributed by atoms with Gasteiger partial charge in [-0.25, -0.2) is 13.6 Å². The zero-order valence-electron chi connectivity index (χ0n) is 14.8. The van der Waals surface area contributed by atoms with Gasteiger partial charge in [0.1, 0.15) is 0 Å². The molecule has 0 radical (unpaired) electrons. The second-order valence-corrected chi connectivity index (χ2v) is 7.13. The third-order valence-electron chi connectivity index (χ3n) is 4.44. The zero-order chi connectivity index (χ0) is 20.6. The molecule has 3 rings (SSSR count). The van der Waals surface area contributed by atoms with E-state index in [-0.39, 0.29) is 10.8 Å². The minimum atomic E-state index is -1.12. The molecule has 0 aliphatic heterocycles. The molecule has 1 heterocycles. The second kappa shape index (κ2) is 7.77. The van der Waals surface area contributed by atoms with Gasteiger partial charge in [-0.05, 0) is 48.2 Å². The van der Waals surface area contributed by atoms with Crippen LogP contribution in [0.3, 0.4) is 0 Å². The van der Waals surface area contributed by atoms with Crippen molar-refractivity contribution in [3.05, 3.63) is 74.1 Å². The Morgan fingerprint density at radius 3 is 2.25 bits per heavy atom. The summed E-state index contributed by atoms with van der Waals surface area (Å²) < 4.78 is 27.3. The molecule has 1 aromatic heterocycles. The number of H-pyrrole nitrogens is 1. The van der Waals surface area contributed by atoms with Crippen molar-refractivity contribution in [1.29, 1.82) is 0 Å². The van der Waals surface area contributed by atoms with Gasteiger partial charge in [0, 0.05) is 29.0 Å². The Hall–Kier alpha value is -2.64. The van der Waals surface area contributed by atoms with E-state index in [2.05, 4.69) is 10.3 Å². The van der Waals surface area contributed by atoms with Crippen LogP contribution in [0.1, 0.15) is 18.5 Å². The lowest BCUT2D eigenvalue weighted by atomic mass is 10.0. The van der Waals surface area contributed by atoms with Crippen molar-refractivity contribution in [1.82, 2.24) is 9.88 Å². The standard InChI is InChI=1S/C19H15Cl2F2N3O2/c1-9(26(2)19(28)25-12-4-10(20)3-11(21)5-12)15-8-24-18(27)14-7-17(23)16(22)6-13(14)15/h3-9H,1-2H3,(H,24,27)(H,25,28). The minimum Gasteiger partial charge on any atom is -0.328 e. The van der Waals surface area contributed by atoms with Gasteiger partial charge in [0.05, 0.1) is 11.4 Å². The summed E-state index contributed by atoms with van der Waals surface area (Å²) in [6.45, 7) is 1.69. The fraction of sp³-hybridized carbons (Fsp3) is 0.158. The predicted molar refractivity (Wildman–Crippen MR) is 106 cm³/mol. The number of urea groups is 1. The van der Waals surface area contributed by atoms with Crippen LogP contribution in [-0.4, -0.2) is 23.0 Å². The highest BCUT2D eigenvalue weighted by molar-refractivity contribution is 6.35. The van der Waals surface area contributed by atoms with Crippen molar-refractivity contribution in [2.24, 2.45) is 0 Å². The molecule has 2 N–H and O–H groups in total. The number of aromatic amines is 1. The largest absolute Gasteiger partial charge is 0.328 e. The summed E-state index contributed by atoms with van der Waals surface area (Å²) in [6, 6.07) is 5.36. The highest BCUT2D eigenvalue weighted by Crippen LogP contribution is 2.28. The second-order valence-electron chi connectivity index (χ2n) is 6.26. The van der Waals surface area contributed by atoms with Gasteiger partial charge in [-0.2, -0.15) is 0 Å². The molecule has 3 aromatic rings. The first kappa shape index (κ1) is 20.1. The molecular formula is C19H15Cl2F2N3O2. The molecule has 0 fully saturated rings. The predicted octanol–water partition coefficient (Wildman–Crippen LogP) is 5.34. The van der Waals surface area contributed by atoms with Gasteiger partial charge in [-0.15, -0.1) is 0 Å². The van der Waals surface area contributed by atoms with Gasteiger partial charge in [0.25, 0.3) is 5.56 Å². The van der Waals surface area contributed by atoms with E-state index in [1.807, 2.05) is 0 Å². The van der Waals surface area contributed by atoms with Crippen molar-refractivity contribution in [2.75, 3.05) is 12.4 Å². The molecule has 28 heavy (non-hydrogen) atoms. The quantitative estimate of drug-likeness (QED) is 0.594. The van der Waals surface area contributed by atoms with Crippen molar-refractivity contribution in [2.45, 2.75) is 13.0 Å². The van der Waals surface area contributed by atoms with Gasteiger partial charge >= 0.3 is 6.03 Å². The molecular weight excluding hydrogens is 411 g/mol. The zero-order valence-corrected chi connectivity index (χ0v) is 16.3. The summed E-state index contributed by atoms with van der Waals surface area (Å²) in [4.78, 5) is 28.4. The van der Waals surface area contributed by atoms with Crippen molar-refractivity contribution in [3.8, 4) is 0 Å². The normalized spacial score (nSPS) is 12.1. The van der Waals surface area contributed by atoms with Crippen molar-refractivity contribution < 1.29 is 13.6 Å². The van der Waals surface area contributed by atoms with Crippen LogP contribution >= 0.6 is 23.2 Å². The summed E-state index contributed by atoms with van der Waals surface area (Å²) >= 11 is 11.9. The third kappa shape index (κ3) is 3.95. The van der Waals surface area contributed by atoms with E-state index in [9.17, 15) is 18.4 Å². The van der Waals surface area contributed by atoms with E-state index in [1.54, 1.807) is 6.92 Å². The molecule has 1 atom stereocenters. The molecule has 146 valence electrons. The van der Waals surface area contributed by atoms with Crippen LogP contribution in [0.4, 0.5) is 19.3 Å². The summed E-state index contributed by atoms with van der Waals surface area (Å²) in [5.41, 5.74) is 0.307. The van der Waals surface area contributed by atoms with Gasteiger partial charge in [0.2, 0.25) is 0 Å². The van der Waals surface area contributed by atoms with E-state index >= 15 is 0 Å². The Balaban J connectivity index is 1.93. The van der Waals surface area contributed by atoms with E-state index in [1.165, 1.54) is 36.3 Å². The molecule has 5 nitrogen and oxygen atoms in total. The molecule has 0 bridgehead atoms. The summed E-state index contributed by atoms with van der Waals surface area (Å²) in [7, 11) is 1.53. The van der Waals surface area contributed by atoms with E-state index in [4.69, 9.17) is 23.2 Å². The number of rotatable bonds is 3. The minimum absolute atomic E-state index is 0.00122. The number of hydrogen-bond acceptors (Lipinski definition) is 2. The Morgan fingerprint density at radius 2 is 1.64 bits per heavy atom. The number of anilines is 1. The van der Waals surface area contributed by atoms with Gasteiger partial charge < -0.3 is 15.2 Å². The number of carbonyl (C=O) groups is 1. The lowest BCUT2D eigenvalue weighted by Gasteiger charge is -2.26. The van der Waals surface area contributed by atoms with Crippen LogP contribution in [0.5, 0.6) is 0 Å². The third-order valence-corrected chi connectivity index (χ3v) is 4.88. The Labute approximate surface area is 168 Å². The maximum absolute atomic E-state index is 13.7. The van der Waals surface area contributed by atoms with Crippen molar-refractivity contribution in [3.63, 3.8) is 0 Å². The molecule has 2 aromatic carbocycles. The first-order chi connectivity index (χ1) is 13.2. The van der Waals surface area contributed by atoms with Crippen LogP contribution in [0.25, 0.3) is 10.8 Å². The molecule has 0 saturated carbocycles. The van der Waals surface area contributed by atoms with E-state index < -0.39 is 29.3 Å². The van der Waals surface area contributed by atoms with Crippen LogP contribution in [0.2, 0.25) is 10.0 Å². The molecule has 1 unspecified atom stereocenters. The SMILES string of the molecule is CC(c1c[nH]c(=O)c2cc(F)c(F)cc12)N(C)C(=O)Nc1cc(Cl)cc(Cl)c1. The summed E-state index contributed by atoms with van der Waals surface area (Å²) in [6.07, 6.45) is 1.38. The summed E-state index contributed by atoms with van der Waals surface area (Å²) in [5.74, 6) is -2.20. The molecule has 9 heteroatoms. The first-order valence-corrected chi connectivity index (χ1v) is 8.93. The van der Waals surface area contributed by atoms with E-state index in [0.29, 0.717) is 21.3 Å².